The number of hydrogen-bond acceptors (Lipinski definition) is 2. The second-order valence-corrected chi connectivity index (χ2v) is 3.63. The van der Waals surface area contributed by atoms with Gasteiger partial charge in [0.1, 0.15) is 5.82 Å². The van der Waals surface area contributed by atoms with Gasteiger partial charge >= 0.3 is 0 Å². The van der Waals surface area contributed by atoms with Gasteiger partial charge in [-0.2, -0.15) is 0 Å². The van der Waals surface area contributed by atoms with Crippen molar-refractivity contribution < 1.29 is 4.39 Å². The topological polar surface area (TPSA) is 24.9 Å². The highest BCUT2D eigenvalue weighted by molar-refractivity contribution is 7.80. The van der Waals surface area contributed by atoms with E-state index in [0.29, 0.717) is 0 Å². The van der Waals surface area contributed by atoms with Gasteiger partial charge in [0.25, 0.3) is 0 Å². The summed E-state index contributed by atoms with van der Waals surface area (Å²) in [7, 11) is 0. The predicted octanol–water partition coefficient (Wildman–Crippen LogP) is 1.62. The molecule has 0 bridgehead atoms. The Kier molecular flexibility index (Phi) is 2.22. The molecule has 1 atom stereocenters. The first-order valence-corrected chi connectivity index (χ1v) is 4.53. The molecule has 1 aliphatic rings. The number of nitrogens with one attached hydrogen (secondary N) is 1. The molecule has 2 heterocycles. The van der Waals surface area contributed by atoms with Crippen molar-refractivity contribution in [2.45, 2.75) is 12.3 Å². The highest BCUT2D eigenvalue weighted by Crippen LogP contribution is 2.22. The Hall–Kier alpha value is -1.03. The van der Waals surface area contributed by atoms with Crippen molar-refractivity contribution in [3.63, 3.8) is 0 Å². The van der Waals surface area contributed by atoms with E-state index in [-0.39, 0.29) is 11.7 Å². The van der Waals surface area contributed by atoms with Gasteiger partial charge in [-0.15, -0.1) is 0 Å². The molecule has 0 radical (unpaired) electrons. The first-order chi connectivity index (χ1) is 6.25. The fourth-order valence-electron chi connectivity index (χ4n) is 1.49. The minimum Gasteiger partial charge on any atom is -0.379 e. The maximum Gasteiger partial charge on any atom is 0.141 e. The van der Waals surface area contributed by atoms with Crippen molar-refractivity contribution >= 4 is 17.2 Å². The molecule has 68 valence electrons. The molecule has 0 spiro atoms. The molecule has 1 saturated heterocycles. The molecular weight excluding hydrogens is 187 g/mol. The standard InChI is InChI=1S/C9H9FN2S/c10-8-1-6(3-11-5-8)7-2-9(13)12-4-7/h1,3,5,7H,2,4H2,(H,12,13). The average molecular weight is 196 g/mol. The van der Waals surface area contributed by atoms with E-state index in [0.717, 1.165) is 23.5 Å². The summed E-state index contributed by atoms with van der Waals surface area (Å²) >= 11 is 5.00. The SMILES string of the molecule is Fc1cncc(C2CNC(=S)C2)c1. The van der Waals surface area contributed by atoms with Crippen LogP contribution in [0.15, 0.2) is 18.5 Å². The zero-order chi connectivity index (χ0) is 9.26. The summed E-state index contributed by atoms with van der Waals surface area (Å²) in [6.07, 6.45) is 3.72. The number of halogens is 1. The summed E-state index contributed by atoms with van der Waals surface area (Å²) in [5, 5.41) is 3.07. The maximum atomic E-state index is 12.8. The largest absolute Gasteiger partial charge is 0.379 e. The van der Waals surface area contributed by atoms with E-state index in [1.807, 2.05) is 0 Å². The zero-order valence-electron chi connectivity index (χ0n) is 6.96. The van der Waals surface area contributed by atoms with E-state index in [9.17, 15) is 4.39 Å². The number of rotatable bonds is 1. The molecule has 2 rings (SSSR count). The normalized spacial score (nSPS) is 21.6. The van der Waals surface area contributed by atoms with Gasteiger partial charge in [-0.3, -0.25) is 4.98 Å². The van der Waals surface area contributed by atoms with Gasteiger partial charge in [-0.1, -0.05) is 12.2 Å². The molecule has 1 aromatic rings. The summed E-state index contributed by atoms with van der Waals surface area (Å²) in [5.41, 5.74) is 0.923. The number of pyridine rings is 1. The highest BCUT2D eigenvalue weighted by atomic mass is 32.1. The lowest BCUT2D eigenvalue weighted by Gasteiger charge is -2.06. The Balaban J connectivity index is 2.21. The van der Waals surface area contributed by atoms with Crippen molar-refractivity contribution in [2.75, 3.05) is 6.54 Å². The Bertz CT molecular complexity index is 340. The molecule has 0 saturated carbocycles. The summed E-state index contributed by atoms with van der Waals surface area (Å²) < 4.78 is 12.8. The summed E-state index contributed by atoms with van der Waals surface area (Å²) in [5.74, 6) is 0.00557. The monoisotopic (exact) mass is 196 g/mol. The minimum atomic E-state index is -0.282. The van der Waals surface area contributed by atoms with Crippen LogP contribution in [0.2, 0.25) is 0 Å². The number of aromatic nitrogens is 1. The fourth-order valence-corrected chi connectivity index (χ4v) is 1.78. The molecule has 0 amide bonds. The van der Waals surface area contributed by atoms with Gasteiger partial charge in [-0.05, 0) is 11.6 Å². The molecule has 1 N–H and O–H groups in total. The molecule has 1 fully saturated rings. The molecule has 1 aliphatic heterocycles. The van der Waals surface area contributed by atoms with Gasteiger partial charge < -0.3 is 5.32 Å². The van der Waals surface area contributed by atoms with Crippen LogP contribution >= 0.6 is 12.2 Å². The number of thiocarbonyl (C=S) groups is 1. The predicted molar refractivity (Wildman–Crippen MR) is 52.2 cm³/mol. The van der Waals surface area contributed by atoms with Gasteiger partial charge in [0, 0.05) is 25.1 Å². The zero-order valence-corrected chi connectivity index (χ0v) is 7.77. The Morgan fingerprint density at radius 1 is 1.54 bits per heavy atom. The van der Waals surface area contributed by atoms with Crippen LogP contribution in [0.4, 0.5) is 4.39 Å². The van der Waals surface area contributed by atoms with Crippen molar-refractivity contribution in [3.8, 4) is 0 Å². The molecule has 1 unspecified atom stereocenters. The third-order valence-electron chi connectivity index (χ3n) is 2.17. The Labute approximate surface area is 81.2 Å². The Morgan fingerprint density at radius 2 is 2.38 bits per heavy atom. The van der Waals surface area contributed by atoms with Crippen molar-refractivity contribution in [3.05, 3.63) is 29.8 Å². The first-order valence-electron chi connectivity index (χ1n) is 4.13. The average Bonchev–Trinajstić information content (AvgIpc) is 2.52. The van der Waals surface area contributed by atoms with Crippen molar-refractivity contribution in [1.29, 1.82) is 0 Å². The van der Waals surface area contributed by atoms with Crippen molar-refractivity contribution in [1.82, 2.24) is 10.3 Å². The smallest absolute Gasteiger partial charge is 0.141 e. The lowest BCUT2D eigenvalue weighted by molar-refractivity contribution is 0.613. The van der Waals surface area contributed by atoms with Gasteiger partial charge in [-0.25, -0.2) is 4.39 Å². The number of nitrogens with zero attached hydrogens (tertiary/aromatic N) is 1. The number of hydrogen-bond donors (Lipinski definition) is 1. The van der Waals surface area contributed by atoms with Crippen LogP contribution in [0.5, 0.6) is 0 Å². The van der Waals surface area contributed by atoms with E-state index in [1.54, 1.807) is 6.20 Å². The maximum absolute atomic E-state index is 12.8. The molecule has 4 heteroatoms. The lowest BCUT2D eigenvalue weighted by Crippen LogP contribution is -2.11. The highest BCUT2D eigenvalue weighted by Gasteiger charge is 2.20. The third kappa shape index (κ3) is 1.83. The third-order valence-corrected chi connectivity index (χ3v) is 2.49. The van der Waals surface area contributed by atoms with Crippen LogP contribution in [0, 0.1) is 5.82 Å². The molecular formula is C9H9FN2S. The second-order valence-electron chi connectivity index (χ2n) is 3.14. The van der Waals surface area contributed by atoms with Crippen LogP contribution in [-0.2, 0) is 0 Å². The lowest BCUT2D eigenvalue weighted by atomic mass is 10.0. The van der Waals surface area contributed by atoms with Crippen molar-refractivity contribution in [2.24, 2.45) is 0 Å². The van der Waals surface area contributed by atoms with Gasteiger partial charge in [0.15, 0.2) is 0 Å². The summed E-state index contributed by atoms with van der Waals surface area (Å²) in [6.45, 7) is 0.796. The molecule has 0 aliphatic carbocycles. The molecule has 2 nitrogen and oxygen atoms in total. The summed E-state index contributed by atoms with van der Waals surface area (Å²) in [6, 6.07) is 1.52. The fraction of sp³-hybridized carbons (Fsp3) is 0.333. The van der Waals surface area contributed by atoms with E-state index >= 15 is 0 Å². The Morgan fingerprint density at radius 3 is 3.00 bits per heavy atom. The molecule has 13 heavy (non-hydrogen) atoms. The van der Waals surface area contributed by atoms with Crippen LogP contribution < -0.4 is 5.32 Å². The van der Waals surface area contributed by atoms with Crippen LogP contribution in [0.25, 0.3) is 0 Å². The van der Waals surface area contributed by atoms with E-state index in [2.05, 4.69) is 10.3 Å². The van der Waals surface area contributed by atoms with E-state index in [1.165, 1.54) is 12.3 Å². The quantitative estimate of drug-likeness (QED) is 0.691. The van der Waals surface area contributed by atoms with E-state index < -0.39 is 0 Å². The molecule has 1 aromatic heterocycles. The van der Waals surface area contributed by atoms with Crippen LogP contribution in [0.1, 0.15) is 17.9 Å². The van der Waals surface area contributed by atoms with Crippen LogP contribution in [-0.4, -0.2) is 16.5 Å². The van der Waals surface area contributed by atoms with Crippen LogP contribution in [0.3, 0.4) is 0 Å². The van der Waals surface area contributed by atoms with E-state index in [4.69, 9.17) is 12.2 Å². The first kappa shape index (κ1) is 8.56. The minimum absolute atomic E-state index is 0.282. The second kappa shape index (κ2) is 3.38. The van der Waals surface area contributed by atoms with Gasteiger partial charge in [0.2, 0.25) is 0 Å². The molecule has 0 aromatic carbocycles. The summed E-state index contributed by atoms with van der Waals surface area (Å²) in [4.78, 5) is 4.66. The van der Waals surface area contributed by atoms with Gasteiger partial charge in [0.05, 0.1) is 11.2 Å².